The number of nitrogens with one attached hydrogen (secondary N) is 2. The number of nitrogens with zero attached hydrogens (tertiary/aromatic N) is 2. The van der Waals surface area contributed by atoms with Crippen molar-refractivity contribution in [2.45, 2.75) is 19.8 Å². The summed E-state index contributed by atoms with van der Waals surface area (Å²) >= 11 is 0. The molecule has 2 heterocycles. The first-order valence-corrected chi connectivity index (χ1v) is 7.25. The molecule has 1 saturated heterocycles. The fourth-order valence-electron chi connectivity index (χ4n) is 2.16. The van der Waals surface area contributed by atoms with Crippen LogP contribution in [0.4, 0.5) is 0 Å². The Morgan fingerprint density at radius 3 is 2.59 bits per heavy atom. The molecule has 0 radical (unpaired) electrons. The number of hydrogen-bond donors (Lipinski definition) is 2. The largest absolute Gasteiger partial charge is 0.496 e. The quantitative estimate of drug-likeness (QED) is 0.656. The Labute approximate surface area is 130 Å². The highest BCUT2D eigenvalue weighted by Crippen LogP contribution is 2.26. The van der Waals surface area contributed by atoms with Crippen LogP contribution in [0.15, 0.2) is 12.3 Å². The lowest BCUT2D eigenvalue weighted by Crippen LogP contribution is -2.42. The lowest BCUT2D eigenvalue weighted by atomic mass is 10.0. The van der Waals surface area contributed by atoms with Gasteiger partial charge in [-0.1, -0.05) is 13.8 Å². The summed E-state index contributed by atoms with van der Waals surface area (Å²) in [6.45, 7) is 6.41. The fourth-order valence-corrected chi connectivity index (χ4v) is 2.16. The van der Waals surface area contributed by atoms with Crippen LogP contribution in [0.5, 0.6) is 5.75 Å². The van der Waals surface area contributed by atoms with Gasteiger partial charge >= 0.3 is 0 Å². The molecule has 2 N–H and O–H groups in total. The van der Waals surface area contributed by atoms with Crippen molar-refractivity contribution in [3.8, 4) is 5.75 Å². The molecule has 1 fully saturated rings. The molecule has 0 unspecified atom stereocenters. The predicted molar refractivity (Wildman–Crippen MR) is 82.9 cm³/mol. The van der Waals surface area contributed by atoms with E-state index in [4.69, 9.17) is 25.0 Å². The first-order chi connectivity index (χ1) is 10.5. The zero-order valence-corrected chi connectivity index (χ0v) is 13.2. The molecule has 0 atom stereocenters. The monoisotopic (exact) mass is 306 g/mol. The van der Waals surface area contributed by atoms with E-state index >= 15 is 0 Å². The Bertz CT molecular complexity index is 554. The van der Waals surface area contributed by atoms with Gasteiger partial charge in [0.05, 0.1) is 20.3 Å². The van der Waals surface area contributed by atoms with Gasteiger partial charge in [-0.25, -0.2) is 0 Å². The number of hydrogen-bond acceptors (Lipinski definition) is 6. The van der Waals surface area contributed by atoms with E-state index in [-0.39, 0.29) is 17.8 Å². The van der Waals surface area contributed by atoms with Gasteiger partial charge < -0.3 is 19.1 Å². The molecule has 1 aromatic rings. The van der Waals surface area contributed by atoms with Gasteiger partial charge in [0, 0.05) is 30.9 Å². The van der Waals surface area contributed by atoms with Crippen LogP contribution in [-0.2, 0) is 9.47 Å². The molecular formula is C15H22N4O3. The summed E-state index contributed by atoms with van der Waals surface area (Å²) in [5.41, 5.74) is 1.32. The topological polar surface area (TPSA) is 91.5 Å². The Hall–Kier alpha value is -2.15. The minimum atomic E-state index is -0.162. The molecule has 1 aromatic heterocycles. The predicted octanol–water partition coefficient (Wildman–Crippen LogP) is 1.82. The van der Waals surface area contributed by atoms with Gasteiger partial charge in [-0.15, -0.1) is 0 Å². The summed E-state index contributed by atoms with van der Waals surface area (Å²) < 4.78 is 15.9. The number of rotatable bonds is 3. The molecule has 0 saturated carbocycles. The minimum Gasteiger partial charge on any atom is -0.496 e. The van der Waals surface area contributed by atoms with Gasteiger partial charge in [0.2, 0.25) is 5.90 Å². The van der Waals surface area contributed by atoms with Crippen molar-refractivity contribution in [1.82, 2.24) is 9.88 Å². The van der Waals surface area contributed by atoms with Crippen LogP contribution < -0.4 is 4.74 Å². The summed E-state index contributed by atoms with van der Waals surface area (Å²) in [6.07, 6.45) is 1.69. The van der Waals surface area contributed by atoms with Gasteiger partial charge in [-0.05, 0) is 5.92 Å². The Balaban J connectivity index is 2.07. The molecule has 1 aliphatic heterocycles. The lowest BCUT2D eigenvalue weighted by molar-refractivity contribution is 0.0604. The van der Waals surface area contributed by atoms with Crippen LogP contribution in [-0.4, -0.2) is 55.2 Å². The van der Waals surface area contributed by atoms with E-state index in [1.807, 2.05) is 0 Å². The van der Waals surface area contributed by atoms with E-state index in [9.17, 15) is 0 Å². The third kappa shape index (κ3) is 3.73. The molecule has 0 bridgehead atoms. The van der Waals surface area contributed by atoms with Crippen LogP contribution in [0.3, 0.4) is 0 Å². The van der Waals surface area contributed by atoms with Gasteiger partial charge in [-0.2, -0.15) is 0 Å². The van der Waals surface area contributed by atoms with E-state index < -0.39 is 0 Å². The molecule has 120 valence electrons. The van der Waals surface area contributed by atoms with Crippen LogP contribution >= 0.6 is 0 Å². The summed E-state index contributed by atoms with van der Waals surface area (Å²) in [5.74, 6) is 0.787. The molecule has 0 amide bonds. The van der Waals surface area contributed by atoms with Gasteiger partial charge in [-0.3, -0.25) is 15.8 Å². The van der Waals surface area contributed by atoms with Crippen molar-refractivity contribution < 1.29 is 14.2 Å². The maximum Gasteiger partial charge on any atom is 0.291 e. The van der Waals surface area contributed by atoms with Crippen LogP contribution in [0.2, 0.25) is 0 Å². The first kappa shape index (κ1) is 16.2. The van der Waals surface area contributed by atoms with Crippen molar-refractivity contribution in [3.05, 3.63) is 23.5 Å². The second-order valence-corrected chi connectivity index (χ2v) is 5.30. The smallest absolute Gasteiger partial charge is 0.291 e. The third-order valence-electron chi connectivity index (χ3n) is 3.47. The highest BCUT2D eigenvalue weighted by Gasteiger charge is 2.19. The average molecular weight is 306 g/mol. The molecule has 2 rings (SSSR count). The second kappa shape index (κ2) is 7.22. The summed E-state index contributed by atoms with van der Waals surface area (Å²) in [4.78, 5) is 5.97. The van der Waals surface area contributed by atoms with Gasteiger partial charge in [0.25, 0.3) is 6.02 Å². The van der Waals surface area contributed by atoms with Crippen molar-refractivity contribution >= 4 is 11.9 Å². The second-order valence-electron chi connectivity index (χ2n) is 5.30. The van der Waals surface area contributed by atoms with E-state index in [0.717, 1.165) is 5.56 Å². The normalized spacial score (nSPS) is 14.8. The molecule has 7 heteroatoms. The average Bonchev–Trinajstić information content (AvgIpc) is 2.54. The Morgan fingerprint density at radius 2 is 2.00 bits per heavy atom. The summed E-state index contributed by atoms with van der Waals surface area (Å²) in [6, 6.07) is 1.62. The SMILES string of the molecule is COc1cc(C(=N)OC(=N)N2CCOCC2)ncc1C(C)C. The van der Waals surface area contributed by atoms with E-state index in [0.29, 0.717) is 37.7 Å². The van der Waals surface area contributed by atoms with Crippen molar-refractivity contribution in [2.24, 2.45) is 0 Å². The molecule has 0 spiro atoms. The summed E-state index contributed by atoms with van der Waals surface area (Å²) in [7, 11) is 1.59. The standard InChI is InChI=1S/C15H22N4O3/c1-10(2)11-9-18-12(8-13(11)20-3)14(16)22-15(17)19-4-6-21-7-5-19/h8-10,16-17H,4-7H2,1-3H3. The van der Waals surface area contributed by atoms with Crippen LogP contribution in [0, 0.1) is 10.8 Å². The molecule has 1 aliphatic rings. The first-order valence-electron chi connectivity index (χ1n) is 7.25. The summed E-state index contributed by atoms with van der Waals surface area (Å²) in [5, 5.41) is 15.9. The Kier molecular flexibility index (Phi) is 5.32. The van der Waals surface area contributed by atoms with Crippen LogP contribution in [0.1, 0.15) is 31.0 Å². The van der Waals surface area contributed by atoms with Crippen molar-refractivity contribution in [2.75, 3.05) is 33.4 Å². The molecule has 0 aromatic carbocycles. The maximum absolute atomic E-state index is 7.99. The Morgan fingerprint density at radius 1 is 1.32 bits per heavy atom. The van der Waals surface area contributed by atoms with Gasteiger partial charge in [0.15, 0.2) is 0 Å². The minimum absolute atomic E-state index is 0.0537. The van der Waals surface area contributed by atoms with Crippen molar-refractivity contribution in [3.63, 3.8) is 0 Å². The fraction of sp³-hybridized carbons (Fsp3) is 0.533. The number of ether oxygens (including phenoxy) is 3. The van der Waals surface area contributed by atoms with E-state index in [2.05, 4.69) is 18.8 Å². The maximum atomic E-state index is 7.99. The van der Waals surface area contributed by atoms with Crippen LogP contribution in [0.25, 0.3) is 0 Å². The molecule has 0 aliphatic carbocycles. The zero-order chi connectivity index (χ0) is 16.1. The number of methoxy groups -OCH3 is 1. The lowest BCUT2D eigenvalue weighted by Gasteiger charge is -2.27. The van der Waals surface area contributed by atoms with E-state index in [1.54, 1.807) is 24.3 Å². The van der Waals surface area contributed by atoms with Gasteiger partial charge in [0.1, 0.15) is 11.4 Å². The number of amidine groups is 1. The number of aromatic nitrogens is 1. The van der Waals surface area contributed by atoms with Crippen molar-refractivity contribution in [1.29, 1.82) is 10.8 Å². The van der Waals surface area contributed by atoms with E-state index in [1.165, 1.54) is 0 Å². The number of morpholine rings is 1. The number of pyridine rings is 1. The molecule has 22 heavy (non-hydrogen) atoms. The highest BCUT2D eigenvalue weighted by molar-refractivity contribution is 5.97. The zero-order valence-electron chi connectivity index (χ0n) is 13.2. The third-order valence-corrected chi connectivity index (χ3v) is 3.47. The highest BCUT2D eigenvalue weighted by atomic mass is 16.5. The molecule has 7 nitrogen and oxygen atoms in total. The molecular weight excluding hydrogens is 284 g/mol.